The van der Waals surface area contributed by atoms with Crippen LogP contribution in [0.5, 0.6) is 0 Å². The van der Waals surface area contributed by atoms with Gasteiger partial charge in [0.25, 0.3) is 11.8 Å². The Hall–Kier alpha value is -2.90. The average Bonchev–Trinajstić information content (AvgIpc) is 2.96. The van der Waals surface area contributed by atoms with Crippen molar-refractivity contribution in [3.05, 3.63) is 35.9 Å². The number of nitrogens with zero attached hydrogens (tertiary/aromatic N) is 2. The fourth-order valence-electron chi connectivity index (χ4n) is 4.16. The lowest BCUT2D eigenvalue weighted by Crippen LogP contribution is -2.49. The highest BCUT2D eigenvalue weighted by molar-refractivity contribution is 6.08. The van der Waals surface area contributed by atoms with E-state index in [-0.39, 0.29) is 5.91 Å². The molecule has 0 bridgehead atoms. The van der Waals surface area contributed by atoms with Crippen molar-refractivity contribution in [1.82, 2.24) is 15.1 Å². The molecule has 1 aromatic carbocycles. The number of benzene rings is 1. The van der Waals surface area contributed by atoms with Gasteiger partial charge in [0.1, 0.15) is 12.1 Å². The van der Waals surface area contributed by atoms with Gasteiger partial charge in [0.05, 0.1) is 0 Å². The molecule has 2 aliphatic rings. The predicted molar refractivity (Wildman–Crippen MR) is 109 cm³/mol. The second-order valence-corrected chi connectivity index (χ2v) is 8.27. The van der Waals surface area contributed by atoms with E-state index in [1.165, 1.54) is 4.90 Å². The fourth-order valence-corrected chi connectivity index (χ4v) is 4.16. The van der Waals surface area contributed by atoms with Crippen molar-refractivity contribution >= 4 is 23.8 Å². The lowest BCUT2D eigenvalue weighted by Gasteiger charge is -2.34. The molecule has 1 saturated heterocycles. The van der Waals surface area contributed by atoms with Gasteiger partial charge in [0.2, 0.25) is 6.10 Å². The van der Waals surface area contributed by atoms with Crippen LogP contribution in [-0.2, 0) is 19.1 Å². The van der Waals surface area contributed by atoms with Crippen molar-refractivity contribution in [3.63, 3.8) is 0 Å². The highest BCUT2D eigenvalue weighted by Crippen LogP contribution is 2.37. The number of carbonyl (C=O) groups excluding carboxylic acids is 4. The van der Waals surface area contributed by atoms with Crippen LogP contribution >= 0.6 is 0 Å². The molecule has 1 atom stereocenters. The molecule has 162 valence electrons. The first-order valence-electron chi connectivity index (χ1n) is 10.4. The van der Waals surface area contributed by atoms with Crippen molar-refractivity contribution in [2.24, 2.45) is 5.92 Å². The summed E-state index contributed by atoms with van der Waals surface area (Å²) >= 11 is 0. The average molecular weight is 415 g/mol. The molecular formula is C22H29N3O5. The van der Waals surface area contributed by atoms with Crippen molar-refractivity contribution in [2.75, 3.05) is 20.6 Å². The Kier molecular flexibility index (Phi) is 6.43. The number of rotatable bonds is 6. The minimum absolute atomic E-state index is 0.380. The fraction of sp³-hybridized carbons (Fsp3) is 0.545. The maximum absolute atomic E-state index is 13.0. The van der Waals surface area contributed by atoms with Crippen LogP contribution in [0, 0.1) is 5.92 Å². The number of ether oxygens (including phenoxy) is 1. The van der Waals surface area contributed by atoms with Crippen LogP contribution in [0.1, 0.15) is 50.7 Å². The zero-order valence-corrected chi connectivity index (χ0v) is 17.7. The van der Waals surface area contributed by atoms with Crippen molar-refractivity contribution in [2.45, 2.75) is 50.7 Å². The summed E-state index contributed by atoms with van der Waals surface area (Å²) in [6.45, 7) is 1.60. The number of hydrogen-bond acceptors (Lipinski definition) is 5. The van der Waals surface area contributed by atoms with Crippen LogP contribution in [-0.4, -0.2) is 59.8 Å². The summed E-state index contributed by atoms with van der Waals surface area (Å²) in [5, 5.41) is 2.80. The minimum atomic E-state index is -1.14. The smallest absolute Gasteiger partial charge is 0.327 e. The van der Waals surface area contributed by atoms with E-state index in [0.29, 0.717) is 24.3 Å². The Labute approximate surface area is 176 Å². The molecule has 1 saturated carbocycles. The van der Waals surface area contributed by atoms with Gasteiger partial charge >= 0.3 is 12.0 Å². The number of esters is 1. The summed E-state index contributed by atoms with van der Waals surface area (Å²) in [6, 6.07) is 8.08. The third-order valence-corrected chi connectivity index (χ3v) is 6.09. The normalized spacial score (nSPS) is 24.5. The number of urea groups is 1. The molecule has 4 amide bonds. The molecule has 0 radical (unpaired) electrons. The summed E-state index contributed by atoms with van der Waals surface area (Å²) in [7, 11) is 3.14. The number of likely N-dealkylation sites (N-methyl/N-ethyl adjacent to an activating group) is 1. The molecule has 1 aliphatic heterocycles. The molecular weight excluding hydrogens is 386 g/mol. The first-order chi connectivity index (χ1) is 14.3. The van der Waals surface area contributed by atoms with Crippen LogP contribution in [0.3, 0.4) is 0 Å². The Balaban J connectivity index is 1.69. The molecule has 1 N–H and O–H groups in total. The first-order valence-corrected chi connectivity index (χ1v) is 10.4. The minimum Gasteiger partial charge on any atom is -0.446 e. The Morgan fingerprint density at radius 2 is 1.83 bits per heavy atom. The van der Waals surface area contributed by atoms with Crippen LogP contribution in [0.4, 0.5) is 4.79 Å². The van der Waals surface area contributed by atoms with Gasteiger partial charge in [0, 0.05) is 19.7 Å². The predicted octanol–water partition coefficient (Wildman–Crippen LogP) is 2.25. The summed E-state index contributed by atoms with van der Waals surface area (Å²) in [6.07, 6.45) is 2.81. The molecule has 8 heteroatoms. The van der Waals surface area contributed by atoms with E-state index >= 15 is 0 Å². The molecule has 1 aliphatic carbocycles. The van der Waals surface area contributed by atoms with Crippen molar-refractivity contribution < 1.29 is 23.9 Å². The maximum atomic E-state index is 13.0. The maximum Gasteiger partial charge on any atom is 0.327 e. The molecule has 1 unspecified atom stereocenters. The van der Waals surface area contributed by atoms with Gasteiger partial charge in [-0.05, 0) is 31.6 Å². The second-order valence-electron chi connectivity index (χ2n) is 8.27. The highest BCUT2D eigenvalue weighted by Gasteiger charge is 2.52. The van der Waals surface area contributed by atoms with Crippen molar-refractivity contribution in [1.29, 1.82) is 0 Å². The molecule has 2 fully saturated rings. The summed E-state index contributed by atoms with van der Waals surface area (Å²) in [5.41, 5.74) is -0.391. The topological polar surface area (TPSA) is 96.0 Å². The van der Waals surface area contributed by atoms with Gasteiger partial charge in [0.15, 0.2) is 0 Å². The molecule has 0 aromatic heterocycles. The van der Waals surface area contributed by atoms with E-state index in [1.54, 1.807) is 44.4 Å². The number of nitrogens with one attached hydrogen (secondary N) is 1. The van der Waals surface area contributed by atoms with E-state index < -0.39 is 36.1 Å². The Bertz CT molecular complexity index is 815. The molecule has 3 rings (SSSR count). The zero-order valence-electron chi connectivity index (χ0n) is 17.7. The van der Waals surface area contributed by atoms with Crippen LogP contribution < -0.4 is 5.32 Å². The van der Waals surface area contributed by atoms with Crippen LogP contribution in [0.2, 0.25) is 0 Å². The number of amides is 4. The second kappa shape index (κ2) is 8.85. The van der Waals surface area contributed by atoms with E-state index in [9.17, 15) is 19.2 Å². The van der Waals surface area contributed by atoms with Crippen molar-refractivity contribution in [3.8, 4) is 0 Å². The molecule has 1 heterocycles. The van der Waals surface area contributed by atoms with Gasteiger partial charge in [-0.2, -0.15) is 0 Å². The summed E-state index contributed by atoms with van der Waals surface area (Å²) in [5.74, 6) is -1.03. The third kappa shape index (κ3) is 4.32. The summed E-state index contributed by atoms with van der Waals surface area (Å²) < 4.78 is 5.42. The monoisotopic (exact) mass is 415 g/mol. The standard InChI is InChI=1S/C22H29N3O5/c1-4-15-10-12-22(13-11-15)20(28)25(21(29)23-22)14-17(26)30-18(19(27)24(2)3)16-8-6-5-7-9-16/h5-9,15,18H,4,10-14H2,1-3H3,(H,23,29). The number of hydrogen-bond donors (Lipinski definition) is 1. The lowest BCUT2D eigenvalue weighted by atomic mass is 9.75. The van der Waals surface area contributed by atoms with E-state index in [4.69, 9.17) is 4.74 Å². The zero-order chi connectivity index (χ0) is 21.9. The highest BCUT2D eigenvalue weighted by atomic mass is 16.5. The van der Waals surface area contributed by atoms with E-state index in [1.807, 2.05) is 0 Å². The van der Waals surface area contributed by atoms with E-state index in [0.717, 1.165) is 24.2 Å². The molecule has 1 spiro atoms. The summed E-state index contributed by atoms with van der Waals surface area (Å²) in [4.78, 5) is 52.8. The van der Waals surface area contributed by atoms with Gasteiger partial charge in [-0.1, -0.05) is 43.7 Å². The molecule has 8 nitrogen and oxygen atoms in total. The molecule has 1 aromatic rings. The SMILES string of the molecule is CCC1CCC2(CC1)NC(=O)N(CC(=O)OC(C(=O)N(C)C)c1ccccc1)C2=O. The lowest BCUT2D eigenvalue weighted by molar-refractivity contribution is -0.161. The van der Waals surface area contributed by atoms with E-state index in [2.05, 4.69) is 12.2 Å². The van der Waals surface area contributed by atoms with Gasteiger partial charge in [-0.3, -0.25) is 19.3 Å². The van der Waals surface area contributed by atoms with Gasteiger partial charge in [-0.15, -0.1) is 0 Å². The molecule has 30 heavy (non-hydrogen) atoms. The first kappa shape index (κ1) is 21.8. The number of carbonyl (C=O) groups is 4. The third-order valence-electron chi connectivity index (χ3n) is 6.09. The van der Waals surface area contributed by atoms with Gasteiger partial charge < -0.3 is 15.0 Å². The number of imide groups is 1. The Morgan fingerprint density at radius 3 is 2.40 bits per heavy atom. The quantitative estimate of drug-likeness (QED) is 0.568. The largest absolute Gasteiger partial charge is 0.446 e. The van der Waals surface area contributed by atoms with Gasteiger partial charge in [-0.25, -0.2) is 4.79 Å². The Morgan fingerprint density at radius 1 is 1.20 bits per heavy atom. The van der Waals surface area contributed by atoms with Crippen LogP contribution in [0.15, 0.2) is 30.3 Å². The van der Waals surface area contributed by atoms with Crippen LogP contribution in [0.25, 0.3) is 0 Å².